The molecule has 2 rings (SSSR count). The Bertz CT molecular complexity index is 364. The van der Waals surface area contributed by atoms with Crippen molar-refractivity contribution in [2.75, 3.05) is 6.66 Å². The molecule has 0 aliphatic carbocycles. The van der Waals surface area contributed by atoms with Gasteiger partial charge >= 0.3 is 5.42 Å². The third-order valence-electron chi connectivity index (χ3n) is 1.72. The molecule has 1 aliphatic rings. The fraction of sp³-hybridized carbons (Fsp3) is 0.250. The lowest BCUT2D eigenvalue weighted by molar-refractivity contribution is 1.22. The summed E-state index contributed by atoms with van der Waals surface area (Å²) in [5, 5.41) is 3.96. The van der Waals surface area contributed by atoms with E-state index in [-0.39, 0.29) is 7.70 Å². The Morgan fingerprint density at radius 2 is 2.17 bits per heavy atom. The second-order valence-corrected chi connectivity index (χ2v) is 4.41. The summed E-state index contributed by atoms with van der Waals surface area (Å²) in [7, 11) is -0.355. The van der Waals surface area contributed by atoms with Crippen LogP contribution < -0.4 is 0 Å². The van der Waals surface area contributed by atoms with E-state index in [1.54, 1.807) is 0 Å². The highest BCUT2D eigenvalue weighted by molar-refractivity contribution is 7.58. The Morgan fingerprint density at radius 3 is 2.58 bits per heavy atom. The van der Waals surface area contributed by atoms with Crippen LogP contribution in [0.15, 0.2) is 28.3 Å². The van der Waals surface area contributed by atoms with Crippen molar-refractivity contribution in [2.45, 2.75) is 6.92 Å². The van der Waals surface area contributed by atoms with E-state index < -0.39 is 0 Å². The standard InChI is InChI=1S/C8H9N3P/c1-6-3-4-7(9-5-6)8-10-11-12(8)2/h3-5H,1-2H3/q+1. The number of pyridine rings is 1. The minimum atomic E-state index is -0.355. The first-order valence-electron chi connectivity index (χ1n) is 3.73. The molecule has 0 amide bonds. The summed E-state index contributed by atoms with van der Waals surface area (Å²) >= 11 is 0. The molecule has 0 bridgehead atoms. The van der Waals surface area contributed by atoms with E-state index in [0.29, 0.717) is 0 Å². The summed E-state index contributed by atoms with van der Waals surface area (Å²) < 4.78 is 0. The van der Waals surface area contributed by atoms with Crippen molar-refractivity contribution < 1.29 is 0 Å². The SMILES string of the molecule is Cc1ccc(C2=[P+](C)N=N2)nc1. The van der Waals surface area contributed by atoms with Crippen LogP contribution in [0.3, 0.4) is 0 Å². The predicted molar refractivity (Wildman–Crippen MR) is 50.8 cm³/mol. The molecule has 0 fully saturated rings. The van der Waals surface area contributed by atoms with Crippen LogP contribution in [0.5, 0.6) is 0 Å². The topological polar surface area (TPSA) is 37.6 Å². The first-order valence-corrected chi connectivity index (χ1v) is 5.47. The zero-order valence-corrected chi connectivity index (χ0v) is 7.92. The summed E-state index contributed by atoms with van der Waals surface area (Å²) in [6, 6.07) is 4.05. The Morgan fingerprint density at radius 1 is 1.33 bits per heavy atom. The highest BCUT2D eigenvalue weighted by atomic mass is 31.1. The third kappa shape index (κ3) is 1.16. The first-order chi connectivity index (χ1) is 5.77. The van der Waals surface area contributed by atoms with E-state index in [9.17, 15) is 0 Å². The third-order valence-corrected chi connectivity index (χ3v) is 3.01. The van der Waals surface area contributed by atoms with Gasteiger partial charge in [0.2, 0.25) is 0 Å². The fourth-order valence-corrected chi connectivity index (χ4v) is 1.82. The smallest absolute Gasteiger partial charge is 0.250 e. The summed E-state index contributed by atoms with van der Waals surface area (Å²) in [4.78, 5) is 8.24. The van der Waals surface area contributed by atoms with Crippen molar-refractivity contribution in [3.05, 3.63) is 29.6 Å². The van der Waals surface area contributed by atoms with Crippen molar-refractivity contribution >= 4 is 13.1 Å². The van der Waals surface area contributed by atoms with Crippen LogP contribution >= 0.6 is 7.70 Å². The fourth-order valence-electron chi connectivity index (χ4n) is 0.996. The van der Waals surface area contributed by atoms with Gasteiger partial charge in [-0.3, -0.25) is 4.98 Å². The van der Waals surface area contributed by atoms with E-state index in [0.717, 1.165) is 11.1 Å². The van der Waals surface area contributed by atoms with Gasteiger partial charge in [0.1, 0.15) is 12.4 Å². The number of aromatic nitrogens is 1. The van der Waals surface area contributed by atoms with Crippen LogP contribution in [0, 0.1) is 6.92 Å². The lowest BCUT2D eigenvalue weighted by atomic mass is 10.3. The second kappa shape index (κ2) is 2.76. The van der Waals surface area contributed by atoms with Gasteiger partial charge in [0.25, 0.3) is 7.70 Å². The van der Waals surface area contributed by atoms with Gasteiger partial charge in [0.15, 0.2) is 0 Å². The number of hydrogen-bond donors (Lipinski definition) is 0. The number of aryl methyl sites for hydroxylation is 1. The van der Waals surface area contributed by atoms with Gasteiger partial charge in [-0.05, 0) is 18.6 Å². The second-order valence-electron chi connectivity index (χ2n) is 2.76. The van der Waals surface area contributed by atoms with Crippen molar-refractivity contribution in [3.8, 4) is 0 Å². The van der Waals surface area contributed by atoms with Crippen molar-refractivity contribution in [1.82, 2.24) is 4.98 Å². The molecule has 1 aliphatic heterocycles. The molecule has 1 aromatic heterocycles. The van der Waals surface area contributed by atoms with Crippen LogP contribution in [-0.4, -0.2) is 17.1 Å². The molecule has 0 aromatic carbocycles. The van der Waals surface area contributed by atoms with Gasteiger partial charge in [-0.15, -0.1) is 0 Å². The quantitative estimate of drug-likeness (QED) is 0.608. The van der Waals surface area contributed by atoms with E-state index in [1.807, 2.05) is 25.3 Å². The molecule has 3 nitrogen and oxygen atoms in total. The number of rotatable bonds is 1. The van der Waals surface area contributed by atoms with Crippen molar-refractivity contribution in [1.29, 1.82) is 0 Å². The molecule has 12 heavy (non-hydrogen) atoms. The van der Waals surface area contributed by atoms with Crippen LogP contribution in [0.4, 0.5) is 0 Å². The molecule has 4 heteroatoms. The largest absolute Gasteiger partial charge is 0.310 e. The molecule has 1 atom stereocenters. The van der Waals surface area contributed by atoms with Gasteiger partial charge in [0.05, 0.1) is 0 Å². The summed E-state index contributed by atoms with van der Waals surface area (Å²) in [5.41, 5.74) is 3.21. The Kier molecular flexibility index (Phi) is 1.74. The number of nitrogens with zero attached hydrogens (tertiary/aromatic N) is 3. The van der Waals surface area contributed by atoms with Gasteiger partial charge < -0.3 is 0 Å². The summed E-state index contributed by atoms with van der Waals surface area (Å²) in [5.74, 6) is 0. The molecule has 0 saturated heterocycles. The lowest BCUT2D eigenvalue weighted by Crippen LogP contribution is -2.02. The molecular formula is C8H9N3P+. The Balaban J connectivity index is 2.37. The number of hydrogen-bond acceptors (Lipinski definition) is 3. The minimum absolute atomic E-state index is 0.355. The normalized spacial score (nSPS) is 17.8. The highest BCUT2D eigenvalue weighted by Crippen LogP contribution is 2.33. The van der Waals surface area contributed by atoms with Crippen molar-refractivity contribution in [3.63, 3.8) is 0 Å². The van der Waals surface area contributed by atoms with Gasteiger partial charge in [-0.2, -0.15) is 0 Å². The molecule has 1 aromatic rings. The minimum Gasteiger partial charge on any atom is -0.250 e. The maximum atomic E-state index is 4.28. The average molecular weight is 178 g/mol. The van der Waals surface area contributed by atoms with E-state index >= 15 is 0 Å². The molecule has 0 radical (unpaired) electrons. The zero-order chi connectivity index (χ0) is 8.55. The maximum Gasteiger partial charge on any atom is 0.310 e. The first kappa shape index (κ1) is 7.56. The van der Waals surface area contributed by atoms with Gasteiger partial charge in [0, 0.05) is 11.1 Å². The molecule has 1 unspecified atom stereocenters. The van der Waals surface area contributed by atoms with Crippen molar-refractivity contribution in [2.24, 2.45) is 10.00 Å². The van der Waals surface area contributed by atoms with Gasteiger partial charge in [-0.1, -0.05) is 11.2 Å². The zero-order valence-electron chi connectivity index (χ0n) is 7.02. The molecule has 60 valence electrons. The van der Waals surface area contributed by atoms with E-state index in [2.05, 4.69) is 21.6 Å². The van der Waals surface area contributed by atoms with E-state index in [4.69, 9.17) is 0 Å². The van der Waals surface area contributed by atoms with Crippen LogP contribution in [0.1, 0.15) is 11.3 Å². The molecular weight excluding hydrogens is 169 g/mol. The summed E-state index contributed by atoms with van der Waals surface area (Å²) in [6.07, 6.45) is 1.86. The Labute approximate surface area is 72.0 Å². The van der Waals surface area contributed by atoms with Crippen LogP contribution in [-0.2, 0) is 0 Å². The van der Waals surface area contributed by atoms with Crippen LogP contribution in [0.25, 0.3) is 0 Å². The molecule has 2 heterocycles. The molecule has 0 spiro atoms. The monoisotopic (exact) mass is 178 g/mol. The average Bonchev–Trinajstić information content (AvgIpc) is 2.06. The summed E-state index contributed by atoms with van der Waals surface area (Å²) in [6.45, 7) is 4.11. The Hall–Kier alpha value is -1.08. The predicted octanol–water partition coefficient (Wildman–Crippen LogP) is 2.36. The van der Waals surface area contributed by atoms with Crippen LogP contribution in [0.2, 0.25) is 0 Å². The molecule has 0 N–H and O–H groups in total. The maximum absolute atomic E-state index is 4.28. The highest BCUT2D eigenvalue weighted by Gasteiger charge is 2.25. The van der Waals surface area contributed by atoms with E-state index in [1.165, 1.54) is 5.56 Å². The molecule has 0 saturated carbocycles. The van der Waals surface area contributed by atoms with Gasteiger partial charge in [-0.25, -0.2) is 0 Å². The lowest BCUT2D eigenvalue weighted by Gasteiger charge is -1.98.